The van der Waals surface area contributed by atoms with Crippen LogP contribution in [-0.4, -0.2) is 80.4 Å². The molecule has 0 aliphatic carbocycles. The molecule has 1 saturated heterocycles. The standard InChI is InChI=1S/C14H20N4O6S/c1-15-5-7-17(8-6-15)25(23,24)11-3-4-12(13(9-11)18(21)22)16(2)10-14(19)20/h3-4,9H,5-8,10H2,1-2H3,(H,19,20). The van der Waals surface area contributed by atoms with Crippen molar-refractivity contribution in [3.8, 4) is 0 Å². The number of hydrogen-bond donors (Lipinski definition) is 1. The van der Waals surface area contributed by atoms with Gasteiger partial charge in [-0.3, -0.25) is 14.9 Å². The maximum absolute atomic E-state index is 12.7. The quantitative estimate of drug-likeness (QED) is 0.549. The molecular formula is C14H20N4O6S. The highest BCUT2D eigenvalue weighted by Crippen LogP contribution is 2.31. The second-order valence-corrected chi connectivity index (χ2v) is 7.80. The summed E-state index contributed by atoms with van der Waals surface area (Å²) in [7, 11) is -0.555. The van der Waals surface area contributed by atoms with Crippen molar-refractivity contribution in [3.63, 3.8) is 0 Å². The van der Waals surface area contributed by atoms with Crippen molar-refractivity contribution >= 4 is 27.4 Å². The molecule has 0 aromatic heterocycles. The van der Waals surface area contributed by atoms with Crippen molar-refractivity contribution < 1.29 is 23.2 Å². The number of aliphatic carboxylic acids is 1. The minimum atomic E-state index is -3.84. The summed E-state index contributed by atoms with van der Waals surface area (Å²) in [5.41, 5.74) is -0.399. The summed E-state index contributed by atoms with van der Waals surface area (Å²) < 4.78 is 26.7. The largest absolute Gasteiger partial charge is 0.480 e. The zero-order valence-electron chi connectivity index (χ0n) is 14.0. The second-order valence-electron chi connectivity index (χ2n) is 5.86. The number of piperazine rings is 1. The van der Waals surface area contributed by atoms with Crippen LogP contribution in [0.4, 0.5) is 11.4 Å². The van der Waals surface area contributed by atoms with Gasteiger partial charge in [-0.1, -0.05) is 0 Å². The van der Waals surface area contributed by atoms with Crippen LogP contribution in [0.2, 0.25) is 0 Å². The van der Waals surface area contributed by atoms with E-state index in [-0.39, 0.29) is 10.6 Å². The molecule has 1 aromatic carbocycles. The molecule has 1 heterocycles. The van der Waals surface area contributed by atoms with Crippen molar-refractivity contribution in [2.24, 2.45) is 0 Å². The molecule has 0 unspecified atom stereocenters. The Labute approximate surface area is 145 Å². The Kier molecular flexibility index (Phi) is 5.60. The molecule has 0 amide bonds. The first-order valence-electron chi connectivity index (χ1n) is 7.53. The summed E-state index contributed by atoms with van der Waals surface area (Å²) in [6.07, 6.45) is 0. The highest BCUT2D eigenvalue weighted by atomic mass is 32.2. The molecule has 1 N–H and O–H groups in total. The number of nitrogens with zero attached hydrogens (tertiary/aromatic N) is 4. The molecule has 2 rings (SSSR count). The first kappa shape index (κ1) is 19.1. The van der Waals surface area contributed by atoms with E-state index in [9.17, 15) is 23.3 Å². The number of anilines is 1. The molecule has 1 aliphatic heterocycles. The van der Waals surface area contributed by atoms with Gasteiger partial charge in [-0.15, -0.1) is 0 Å². The number of carboxylic acids is 1. The average molecular weight is 372 g/mol. The third-order valence-electron chi connectivity index (χ3n) is 4.03. The Morgan fingerprint density at radius 3 is 2.44 bits per heavy atom. The fourth-order valence-electron chi connectivity index (χ4n) is 2.60. The lowest BCUT2D eigenvalue weighted by Gasteiger charge is -2.31. The van der Waals surface area contributed by atoms with Crippen LogP contribution >= 0.6 is 0 Å². The molecule has 0 saturated carbocycles. The number of nitro benzene ring substituents is 1. The Morgan fingerprint density at radius 2 is 1.92 bits per heavy atom. The van der Waals surface area contributed by atoms with Crippen molar-refractivity contribution in [2.75, 3.05) is 51.7 Å². The molecule has 10 nitrogen and oxygen atoms in total. The third kappa shape index (κ3) is 4.24. The van der Waals surface area contributed by atoms with Crippen LogP contribution in [-0.2, 0) is 14.8 Å². The molecule has 0 radical (unpaired) electrons. The number of hydrogen-bond acceptors (Lipinski definition) is 7. The smallest absolute Gasteiger partial charge is 0.323 e. The summed E-state index contributed by atoms with van der Waals surface area (Å²) in [6, 6.07) is 3.53. The van der Waals surface area contributed by atoms with Crippen molar-refractivity contribution in [3.05, 3.63) is 28.3 Å². The predicted molar refractivity (Wildman–Crippen MR) is 90.3 cm³/mol. The summed E-state index contributed by atoms with van der Waals surface area (Å²) in [5, 5.41) is 20.2. The van der Waals surface area contributed by atoms with Gasteiger partial charge in [-0.05, 0) is 19.2 Å². The Balaban J connectivity index is 2.38. The van der Waals surface area contributed by atoms with Crippen LogP contribution in [0.1, 0.15) is 0 Å². The van der Waals surface area contributed by atoms with E-state index in [4.69, 9.17) is 5.11 Å². The summed E-state index contributed by atoms with van der Waals surface area (Å²) in [5.74, 6) is -1.15. The minimum Gasteiger partial charge on any atom is -0.480 e. The van der Waals surface area contributed by atoms with Crippen LogP contribution in [0.15, 0.2) is 23.1 Å². The van der Waals surface area contributed by atoms with Crippen molar-refractivity contribution in [1.29, 1.82) is 0 Å². The monoisotopic (exact) mass is 372 g/mol. The van der Waals surface area contributed by atoms with Gasteiger partial charge in [0.05, 0.1) is 9.82 Å². The van der Waals surface area contributed by atoms with Crippen LogP contribution < -0.4 is 4.90 Å². The predicted octanol–water partition coefficient (Wildman–Crippen LogP) is 0.0517. The number of carboxylic acid groups (broad SMARTS) is 1. The number of rotatable bonds is 6. The Hall–Kier alpha value is -2.24. The van der Waals surface area contributed by atoms with Gasteiger partial charge < -0.3 is 14.9 Å². The first-order valence-corrected chi connectivity index (χ1v) is 8.97. The lowest BCUT2D eigenvalue weighted by Crippen LogP contribution is -2.47. The van der Waals surface area contributed by atoms with Crippen LogP contribution in [0.25, 0.3) is 0 Å². The zero-order chi connectivity index (χ0) is 18.8. The van der Waals surface area contributed by atoms with E-state index in [0.717, 1.165) is 6.07 Å². The minimum absolute atomic E-state index is 0.0460. The van der Waals surface area contributed by atoms with Crippen molar-refractivity contribution in [2.45, 2.75) is 4.90 Å². The van der Waals surface area contributed by atoms with Gasteiger partial charge in [-0.2, -0.15) is 4.31 Å². The molecule has 1 aromatic rings. The lowest BCUT2D eigenvalue weighted by molar-refractivity contribution is -0.384. The molecule has 1 aliphatic rings. The first-order chi connectivity index (χ1) is 11.6. The van der Waals surface area contributed by atoms with E-state index in [1.165, 1.54) is 28.4 Å². The maximum atomic E-state index is 12.7. The molecule has 1 fully saturated rings. The van der Waals surface area contributed by atoms with E-state index in [2.05, 4.69) is 0 Å². The van der Waals surface area contributed by atoms with E-state index in [1.54, 1.807) is 0 Å². The van der Waals surface area contributed by atoms with Gasteiger partial charge in [0.25, 0.3) is 5.69 Å². The SMILES string of the molecule is CN1CCN(S(=O)(=O)c2ccc(N(C)CC(=O)O)c([N+](=O)[O-])c2)CC1. The van der Waals surface area contributed by atoms with E-state index < -0.39 is 33.1 Å². The molecule has 0 atom stereocenters. The van der Waals surface area contributed by atoms with Gasteiger partial charge in [-0.25, -0.2) is 8.42 Å². The summed E-state index contributed by atoms with van der Waals surface area (Å²) >= 11 is 0. The summed E-state index contributed by atoms with van der Waals surface area (Å²) in [4.78, 5) is 24.4. The number of benzene rings is 1. The highest BCUT2D eigenvalue weighted by molar-refractivity contribution is 7.89. The molecule has 11 heteroatoms. The number of nitro groups is 1. The molecular weight excluding hydrogens is 352 g/mol. The van der Waals surface area contributed by atoms with Gasteiger partial charge in [0, 0.05) is 39.3 Å². The second kappa shape index (κ2) is 7.33. The molecule has 25 heavy (non-hydrogen) atoms. The fourth-order valence-corrected chi connectivity index (χ4v) is 4.04. The lowest BCUT2D eigenvalue weighted by atomic mass is 10.2. The van der Waals surface area contributed by atoms with E-state index in [1.807, 2.05) is 11.9 Å². The van der Waals surface area contributed by atoms with E-state index >= 15 is 0 Å². The molecule has 0 spiro atoms. The number of likely N-dealkylation sites (N-methyl/N-ethyl adjacent to an activating group) is 2. The van der Waals surface area contributed by atoms with Gasteiger partial charge in [0.1, 0.15) is 12.2 Å². The van der Waals surface area contributed by atoms with Crippen LogP contribution in [0.5, 0.6) is 0 Å². The number of sulfonamides is 1. The van der Waals surface area contributed by atoms with Gasteiger partial charge >= 0.3 is 5.97 Å². The fraction of sp³-hybridized carbons (Fsp3) is 0.500. The topological polar surface area (TPSA) is 124 Å². The maximum Gasteiger partial charge on any atom is 0.323 e. The van der Waals surface area contributed by atoms with E-state index in [0.29, 0.717) is 26.2 Å². The highest BCUT2D eigenvalue weighted by Gasteiger charge is 2.30. The molecule has 138 valence electrons. The van der Waals surface area contributed by atoms with Crippen LogP contribution in [0.3, 0.4) is 0 Å². The zero-order valence-corrected chi connectivity index (χ0v) is 14.8. The third-order valence-corrected chi connectivity index (χ3v) is 5.92. The number of carbonyl (C=O) groups is 1. The van der Waals surface area contributed by atoms with Gasteiger partial charge in [0.15, 0.2) is 0 Å². The summed E-state index contributed by atoms with van der Waals surface area (Å²) in [6.45, 7) is 1.35. The Morgan fingerprint density at radius 1 is 1.32 bits per heavy atom. The van der Waals surface area contributed by atoms with Gasteiger partial charge in [0.2, 0.25) is 10.0 Å². The normalized spacial score (nSPS) is 16.6. The Bertz CT molecular complexity index is 774. The van der Waals surface area contributed by atoms with Crippen LogP contribution in [0, 0.1) is 10.1 Å². The average Bonchev–Trinajstić information content (AvgIpc) is 2.54. The molecule has 0 bridgehead atoms. The van der Waals surface area contributed by atoms with Crippen molar-refractivity contribution in [1.82, 2.24) is 9.21 Å².